The highest BCUT2D eigenvalue weighted by Crippen LogP contribution is 2.26. The normalized spacial score (nSPS) is 11.2. The number of hydrogen-bond acceptors (Lipinski definition) is 6. The Morgan fingerprint density at radius 1 is 0.919 bits per heavy atom. The van der Waals surface area contributed by atoms with E-state index in [1.54, 1.807) is 36.4 Å². The van der Waals surface area contributed by atoms with Crippen LogP contribution in [-0.4, -0.2) is 65.2 Å². The van der Waals surface area contributed by atoms with Crippen LogP contribution in [0, 0.1) is 0 Å². The number of nitrogens with one attached hydrogen (secondary N) is 3. The molecule has 0 aliphatic heterocycles. The zero-order chi connectivity index (χ0) is 27.2. The number of amides is 3. The monoisotopic (exact) mass is 554 g/mol. The molecule has 1 atom stereocenters. The molecule has 2 aromatic carbocycles. The number of hydrogen-bond donors (Lipinski definition) is 5. The van der Waals surface area contributed by atoms with E-state index in [9.17, 15) is 19.2 Å². The van der Waals surface area contributed by atoms with Crippen LogP contribution in [0.5, 0.6) is 0 Å². The molecule has 13 heteroatoms. The fourth-order valence-electron chi connectivity index (χ4n) is 3.24. The average Bonchev–Trinajstić information content (AvgIpc) is 2.86. The maximum absolute atomic E-state index is 12.4. The van der Waals surface area contributed by atoms with Crippen molar-refractivity contribution in [2.45, 2.75) is 25.5 Å². The summed E-state index contributed by atoms with van der Waals surface area (Å²) in [6.07, 6.45) is -1.31. The summed E-state index contributed by atoms with van der Waals surface area (Å²) in [5.41, 5.74) is 2.32. The summed E-state index contributed by atoms with van der Waals surface area (Å²) in [4.78, 5) is 48.3. The molecule has 0 saturated carbocycles. The molecule has 200 valence electrons. The smallest absolute Gasteiger partial charge is 0.412 e. The molecule has 2 rings (SSSR count). The summed E-state index contributed by atoms with van der Waals surface area (Å²) in [7, 11) is 0. The molecule has 0 aromatic heterocycles. The van der Waals surface area contributed by atoms with Gasteiger partial charge in [0.15, 0.2) is 0 Å². The minimum Gasteiger partial charge on any atom is -0.481 e. The molecule has 0 fully saturated rings. The van der Waals surface area contributed by atoms with Gasteiger partial charge in [0.05, 0.1) is 11.4 Å². The zero-order valence-electron chi connectivity index (χ0n) is 19.8. The second kappa shape index (κ2) is 15.4. The number of carbonyl (C=O) groups is 4. The van der Waals surface area contributed by atoms with E-state index in [0.29, 0.717) is 41.8 Å². The van der Waals surface area contributed by atoms with Crippen LogP contribution in [0.3, 0.4) is 0 Å². The Bertz CT molecular complexity index is 1060. The summed E-state index contributed by atoms with van der Waals surface area (Å²) in [6, 6.07) is 11.4. The molecule has 2 aromatic rings. The van der Waals surface area contributed by atoms with Crippen molar-refractivity contribution in [1.82, 2.24) is 5.32 Å². The van der Waals surface area contributed by atoms with Crippen molar-refractivity contribution in [3.63, 3.8) is 0 Å². The fourth-order valence-corrected chi connectivity index (χ4v) is 3.65. The van der Waals surface area contributed by atoms with E-state index in [4.69, 9.17) is 38.2 Å². The van der Waals surface area contributed by atoms with E-state index < -0.39 is 36.5 Å². The maximum Gasteiger partial charge on any atom is 0.412 e. The van der Waals surface area contributed by atoms with Crippen LogP contribution >= 0.6 is 23.2 Å². The summed E-state index contributed by atoms with van der Waals surface area (Å²) in [5, 5.41) is 25.2. The summed E-state index contributed by atoms with van der Waals surface area (Å²) in [5.74, 6) is -1.71. The van der Waals surface area contributed by atoms with Gasteiger partial charge in [-0.25, -0.2) is 14.4 Å². The van der Waals surface area contributed by atoms with Gasteiger partial charge in [0.1, 0.15) is 12.6 Å². The number of carboxylic acids is 2. The van der Waals surface area contributed by atoms with Gasteiger partial charge in [-0.2, -0.15) is 0 Å². The molecule has 0 spiro atoms. The number of anilines is 3. The number of benzene rings is 2. The molecule has 11 nitrogen and oxygen atoms in total. The van der Waals surface area contributed by atoms with Crippen LogP contribution in [0.15, 0.2) is 48.5 Å². The predicted molar refractivity (Wildman–Crippen MR) is 141 cm³/mol. The molecule has 0 aliphatic rings. The van der Waals surface area contributed by atoms with Gasteiger partial charge < -0.3 is 30.5 Å². The first kappa shape index (κ1) is 29.5. The van der Waals surface area contributed by atoms with E-state index in [2.05, 4.69) is 16.0 Å². The topological polar surface area (TPSA) is 157 Å². The zero-order valence-corrected chi connectivity index (χ0v) is 21.3. The van der Waals surface area contributed by atoms with Gasteiger partial charge in [0.2, 0.25) is 0 Å². The van der Waals surface area contributed by atoms with Gasteiger partial charge in [-0.05, 0) is 36.2 Å². The minimum atomic E-state index is -1.34. The molecule has 5 N–H and O–H groups in total. The largest absolute Gasteiger partial charge is 0.481 e. The molecule has 0 heterocycles. The van der Waals surface area contributed by atoms with Crippen LogP contribution < -0.4 is 20.9 Å². The van der Waals surface area contributed by atoms with Gasteiger partial charge in [0, 0.05) is 37.0 Å². The third-order valence-corrected chi connectivity index (χ3v) is 5.36. The van der Waals surface area contributed by atoms with Crippen molar-refractivity contribution in [3.05, 3.63) is 54.1 Å². The Hall–Kier alpha value is -3.70. The maximum atomic E-state index is 12.4. The quantitative estimate of drug-likeness (QED) is 0.218. The number of carboxylic acid groups (broad SMARTS) is 2. The molecular formula is C24H28Cl2N4O7. The van der Waals surface area contributed by atoms with E-state index in [1.807, 2.05) is 17.0 Å². The number of halogens is 2. The number of carbonyl (C=O) groups excluding carboxylic acids is 2. The predicted octanol–water partition coefficient (Wildman–Crippen LogP) is 4.16. The number of ether oxygens (including phenoxy) is 1. The van der Waals surface area contributed by atoms with Crippen molar-refractivity contribution >= 4 is 64.3 Å². The Kier molecular flexibility index (Phi) is 12.3. The van der Waals surface area contributed by atoms with E-state index in [0.717, 1.165) is 5.69 Å². The first-order valence-corrected chi connectivity index (χ1v) is 12.3. The van der Waals surface area contributed by atoms with Gasteiger partial charge in [0.25, 0.3) is 0 Å². The number of alkyl halides is 2. The SMILES string of the molecule is O=C(O)CC[C@H](NC(=O)Nc1ccc(COC(=O)Nc2ccccc2N(CCCl)CCCl)cc1)C(=O)O. The molecule has 0 radical (unpaired) electrons. The lowest BCUT2D eigenvalue weighted by Gasteiger charge is -2.25. The van der Waals surface area contributed by atoms with Crippen LogP contribution in [0.2, 0.25) is 0 Å². The minimum absolute atomic E-state index is 0.0379. The number of para-hydroxylation sites is 2. The fraction of sp³-hybridized carbons (Fsp3) is 0.333. The Morgan fingerprint density at radius 3 is 2.16 bits per heavy atom. The van der Waals surface area contributed by atoms with Crippen molar-refractivity contribution in [1.29, 1.82) is 0 Å². The first-order valence-electron chi connectivity index (χ1n) is 11.2. The second-order valence-electron chi connectivity index (χ2n) is 7.70. The number of urea groups is 1. The highest BCUT2D eigenvalue weighted by Gasteiger charge is 2.21. The Labute approximate surface area is 223 Å². The lowest BCUT2D eigenvalue weighted by atomic mass is 10.1. The average molecular weight is 555 g/mol. The third kappa shape index (κ3) is 10.4. The molecule has 0 saturated heterocycles. The number of aliphatic carboxylic acids is 2. The van der Waals surface area contributed by atoms with Gasteiger partial charge >= 0.3 is 24.1 Å². The molecule has 0 bridgehead atoms. The summed E-state index contributed by atoms with van der Waals surface area (Å²) in [6.45, 7) is 1.07. The number of rotatable bonds is 14. The number of nitrogens with zero attached hydrogens (tertiary/aromatic N) is 1. The molecular weight excluding hydrogens is 527 g/mol. The van der Waals surface area contributed by atoms with Crippen LogP contribution in [0.25, 0.3) is 0 Å². The van der Waals surface area contributed by atoms with Gasteiger partial charge in [-0.1, -0.05) is 24.3 Å². The van der Waals surface area contributed by atoms with Crippen LogP contribution in [-0.2, 0) is 20.9 Å². The third-order valence-electron chi connectivity index (χ3n) is 5.02. The van der Waals surface area contributed by atoms with Crippen LogP contribution in [0.4, 0.5) is 26.7 Å². The summed E-state index contributed by atoms with van der Waals surface area (Å²) < 4.78 is 5.30. The van der Waals surface area contributed by atoms with Crippen molar-refractivity contribution < 1.29 is 34.1 Å². The van der Waals surface area contributed by atoms with Crippen molar-refractivity contribution in [3.8, 4) is 0 Å². The Balaban J connectivity index is 1.89. The summed E-state index contributed by atoms with van der Waals surface area (Å²) >= 11 is 11.8. The van der Waals surface area contributed by atoms with Crippen molar-refractivity contribution in [2.24, 2.45) is 0 Å². The van der Waals surface area contributed by atoms with E-state index in [-0.39, 0.29) is 13.0 Å². The van der Waals surface area contributed by atoms with Crippen molar-refractivity contribution in [2.75, 3.05) is 40.4 Å². The molecule has 37 heavy (non-hydrogen) atoms. The Morgan fingerprint density at radius 2 is 1.57 bits per heavy atom. The highest BCUT2D eigenvalue weighted by molar-refractivity contribution is 6.18. The van der Waals surface area contributed by atoms with E-state index in [1.165, 1.54) is 0 Å². The molecule has 0 unspecified atom stereocenters. The lowest BCUT2D eigenvalue weighted by molar-refractivity contribution is -0.140. The molecule has 0 aliphatic carbocycles. The van der Waals surface area contributed by atoms with Gasteiger partial charge in [-0.3, -0.25) is 10.1 Å². The highest BCUT2D eigenvalue weighted by atomic mass is 35.5. The molecule has 3 amide bonds. The second-order valence-corrected chi connectivity index (χ2v) is 8.46. The van der Waals surface area contributed by atoms with Gasteiger partial charge in [-0.15, -0.1) is 23.2 Å². The lowest BCUT2D eigenvalue weighted by Crippen LogP contribution is -2.43. The van der Waals surface area contributed by atoms with E-state index >= 15 is 0 Å². The van der Waals surface area contributed by atoms with Crippen LogP contribution in [0.1, 0.15) is 18.4 Å². The standard InChI is InChI=1S/C24H28Cl2N4O7/c25-11-13-30(14-12-26)20-4-2-1-3-18(20)29-24(36)37-15-16-5-7-17(8-6-16)27-23(35)28-19(22(33)34)9-10-21(31)32/h1-8,19H,9-15H2,(H,29,36)(H,31,32)(H,33,34)(H2,27,28,35)/t19-/m0/s1. The first-order chi connectivity index (χ1) is 17.7.